The van der Waals surface area contributed by atoms with Gasteiger partial charge in [-0.25, -0.2) is 0 Å². The summed E-state index contributed by atoms with van der Waals surface area (Å²) in [6.45, 7) is 8.79. The maximum Gasteiger partial charge on any atom is 0.290 e. The molecule has 4 rings (SSSR count). The fraction of sp³-hybridized carbons (Fsp3) is 0.385. The minimum Gasteiger partial charge on any atom is -0.497 e. The average Bonchev–Trinajstić information content (AvgIpc) is 3.02. The Balaban J connectivity index is 1.86. The van der Waals surface area contributed by atoms with Gasteiger partial charge in [-0.3, -0.25) is 9.59 Å². The van der Waals surface area contributed by atoms with Gasteiger partial charge in [0, 0.05) is 13.2 Å². The van der Waals surface area contributed by atoms with Crippen molar-refractivity contribution in [3.8, 4) is 5.75 Å². The number of aryl methyl sites for hydroxylation is 2. The molecular formula is C26H29NO5. The Labute approximate surface area is 187 Å². The highest BCUT2D eigenvalue weighted by Crippen LogP contribution is 2.39. The number of amides is 1. The third-order valence-electron chi connectivity index (χ3n) is 5.82. The maximum absolute atomic E-state index is 13.7. The molecule has 0 saturated heterocycles. The Kier molecular flexibility index (Phi) is 6.07. The minimum absolute atomic E-state index is 0.121. The van der Waals surface area contributed by atoms with Crippen LogP contribution in [0.3, 0.4) is 0 Å². The van der Waals surface area contributed by atoms with Crippen LogP contribution in [0, 0.1) is 13.8 Å². The van der Waals surface area contributed by atoms with Gasteiger partial charge in [0.1, 0.15) is 11.3 Å². The zero-order valence-corrected chi connectivity index (χ0v) is 19.2. The molecule has 1 aliphatic rings. The van der Waals surface area contributed by atoms with Crippen LogP contribution in [0.25, 0.3) is 11.0 Å². The van der Waals surface area contributed by atoms with Gasteiger partial charge in [0.05, 0.1) is 30.2 Å². The van der Waals surface area contributed by atoms with Crippen molar-refractivity contribution in [3.05, 3.63) is 74.6 Å². The van der Waals surface area contributed by atoms with Crippen molar-refractivity contribution in [2.24, 2.45) is 0 Å². The number of ether oxygens (including phenoxy) is 2. The highest BCUT2D eigenvalue weighted by Gasteiger charge is 2.42. The Morgan fingerprint density at radius 3 is 2.62 bits per heavy atom. The Bertz CT molecular complexity index is 1230. The predicted molar refractivity (Wildman–Crippen MR) is 124 cm³/mol. The summed E-state index contributed by atoms with van der Waals surface area (Å²) in [4.78, 5) is 28.9. The third kappa shape index (κ3) is 3.91. The number of methoxy groups -OCH3 is 1. The molecule has 6 heteroatoms. The van der Waals surface area contributed by atoms with Crippen molar-refractivity contribution in [2.75, 3.05) is 20.3 Å². The molecule has 1 amide bonds. The summed E-state index contributed by atoms with van der Waals surface area (Å²) in [5.74, 6) is 0.532. The van der Waals surface area contributed by atoms with Gasteiger partial charge in [-0.1, -0.05) is 18.2 Å². The van der Waals surface area contributed by atoms with Gasteiger partial charge in [0.2, 0.25) is 5.76 Å². The molecule has 2 heterocycles. The molecule has 1 unspecified atom stereocenters. The van der Waals surface area contributed by atoms with E-state index in [0.717, 1.165) is 16.7 Å². The van der Waals surface area contributed by atoms with Crippen LogP contribution in [0.1, 0.15) is 59.1 Å². The lowest BCUT2D eigenvalue weighted by atomic mass is 9.96. The molecule has 0 radical (unpaired) electrons. The van der Waals surface area contributed by atoms with E-state index in [4.69, 9.17) is 13.9 Å². The Morgan fingerprint density at radius 1 is 1.12 bits per heavy atom. The summed E-state index contributed by atoms with van der Waals surface area (Å²) < 4.78 is 17.1. The Morgan fingerprint density at radius 2 is 1.91 bits per heavy atom. The largest absolute Gasteiger partial charge is 0.497 e. The van der Waals surface area contributed by atoms with Crippen LogP contribution < -0.4 is 10.2 Å². The van der Waals surface area contributed by atoms with Crippen LogP contribution in [-0.2, 0) is 4.74 Å². The third-order valence-corrected chi connectivity index (χ3v) is 5.82. The van der Waals surface area contributed by atoms with Crippen molar-refractivity contribution in [1.29, 1.82) is 0 Å². The lowest BCUT2D eigenvalue weighted by Crippen LogP contribution is -2.31. The fourth-order valence-corrected chi connectivity index (χ4v) is 4.46. The first-order valence-corrected chi connectivity index (χ1v) is 11.0. The summed E-state index contributed by atoms with van der Waals surface area (Å²) >= 11 is 0. The number of benzene rings is 2. The van der Waals surface area contributed by atoms with Gasteiger partial charge in [-0.15, -0.1) is 0 Å². The van der Waals surface area contributed by atoms with Gasteiger partial charge in [-0.2, -0.15) is 0 Å². The van der Waals surface area contributed by atoms with Crippen LogP contribution in [0.4, 0.5) is 0 Å². The van der Waals surface area contributed by atoms with Gasteiger partial charge in [0.15, 0.2) is 5.43 Å². The molecule has 0 saturated carbocycles. The molecule has 0 bridgehead atoms. The number of fused-ring (bicyclic) bond motifs is 2. The first-order chi connectivity index (χ1) is 15.3. The molecule has 168 valence electrons. The quantitative estimate of drug-likeness (QED) is 0.500. The number of hydrogen-bond acceptors (Lipinski definition) is 5. The molecule has 0 aliphatic carbocycles. The van der Waals surface area contributed by atoms with Crippen molar-refractivity contribution in [1.82, 2.24) is 4.90 Å². The van der Waals surface area contributed by atoms with E-state index in [9.17, 15) is 9.59 Å². The van der Waals surface area contributed by atoms with Gasteiger partial charge < -0.3 is 18.8 Å². The van der Waals surface area contributed by atoms with Gasteiger partial charge in [-0.05, 0) is 69.0 Å². The molecular weight excluding hydrogens is 406 g/mol. The van der Waals surface area contributed by atoms with Crippen molar-refractivity contribution in [3.63, 3.8) is 0 Å². The first kappa shape index (κ1) is 22.1. The maximum atomic E-state index is 13.7. The van der Waals surface area contributed by atoms with E-state index in [1.54, 1.807) is 12.0 Å². The highest BCUT2D eigenvalue weighted by atomic mass is 16.5. The summed E-state index contributed by atoms with van der Waals surface area (Å²) in [7, 11) is 1.60. The van der Waals surface area contributed by atoms with E-state index in [1.807, 2.05) is 64.1 Å². The molecule has 32 heavy (non-hydrogen) atoms. The molecule has 2 aromatic carbocycles. The molecule has 1 aliphatic heterocycles. The smallest absolute Gasteiger partial charge is 0.290 e. The number of rotatable bonds is 7. The van der Waals surface area contributed by atoms with Crippen LogP contribution in [0.15, 0.2) is 45.6 Å². The van der Waals surface area contributed by atoms with Crippen LogP contribution in [0.2, 0.25) is 0 Å². The minimum atomic E-state index is -0.534. The fourth-order valence-electron chi connectivity index (χ4n) is 4.46. The van der Waals surface area contributed by atoms with E-state index in [2.05, 4.69) is 0 Å². The molecule has 6 nitrogen and oxygen atoms in total. The lowest BCUT2D eigenvalue weighted by Gasteiger charge is -2.25. The second-order valence-corrected chi connectivity index (χ2v) is 8.58. The first-order valence-electron chi connectivity index (χ1n) is 11.0. The lowest BCUT2D eigenvalue weighted by molar-refractivity contribution is 0.0593. The average molecular weight is 436 g/mol. The molecule has 0 spiro atoms. The van der Waals surface area contributed by atoms with E-state index in [-0.39, 0.29) is 23.2 Å². The Hall–Kier alpha value is -3.12. The predicted octanol–water partition coefficient (Wildman–Crippen LogP) is 4.78. The van der Waals surface area contributed by atoms with Gasteiger partial charge >= 0.3 is 0 Å². The summed E-state index contributed by atoms with van der Waals surface area (Å²) in [5, 5.41) is 0.528. The van der Waals surface area contributed by atoms with Gasteiger partial charge in [0.25, 0.3) is 5.91 Å². The monoisotopic (exact) mass is 435 g/mol. The summed E-state index contributed by atoms with van der Waals surface area (Å²) in [6.07, 6.45) is 0.778. The molecule has 0 fully saturated rings. The summed E-state index contributed by atoms with van der Waals surface area (Å²) in [5.41, 5.74) is 3.34. The van der Waals surface area contributed by atoms with E-state index in [1.165, 1.54) is 0 Å². The normalized spacial score (nSPS) is 15.6. The number of hydrogen-bond donors (Lipinski definition) is 0. The van der Waals surface area contributed by atoms with Crippen molar-refractivity contribution < 1.29 is 18.7 Å². The summed E-state index contributed by atoms with van der Waals surface area (Å²) in [6, 6.07) is 10.7. The second kappa shape index (κ2) is 8.79. The number of carbonyl (C=O) groups excluding carboxylic acids is 1. The highest BCUT2D eigenvalue weighted by molar-refractivity contribution is 5.99. The standard InChI is InChI=1S/C26H29NO5/c1-15(2)31-11-7-10-27-23(18-8-6-9-19(14-18)30-5)22-24(28)21-17(4)12-16(3)13-20(21)32-25(22)26(27)29/h6,8-9,12-15,23H,7,10-11H2,1-5H3. The van der Waals surface area contributed by atoms with E-state index in [0.29, 0.717) is 41.9 Å². The molecule has 1 aromatic heterocycles. The van der Waals surface area contributed by atoms with Crippen LogP contribution >= 0.6 is 0 Å². The topological polar surface area (TPSA) is 69.0 Å². The van der Waals surface area contributed by atoms with Crippen molar-refractivity contribution in [2.45, 2.75) is 46.3 Å². The zero-order chi connectivity index (χ0) is 23.0. The zero-order valence-electron chi connectivity index (χ0n) is 19.2. The SMILES string of the molecule is COc1cccc(C2c3c(oc4cc(C)cc(C)c4c3=O)C(=O)N2CCCOC(C)C)c1. The number of nitrogens with zero attached hydrogens (tertiary/aromatic N) is 1. The van der Waals surface area contributed by atoms with Crippen molar-refractivity contribution >= 4 is 16.9 Å². The number of carbonyl (C=O) groups is 1. The van der Waals surface area contributed by atoms with Crippen LogP contribution in [0.5, 0.6) is 5.75 Å². The van der Waals surface area contributed by atoms with E-state index < -0.39 is 6.04 Å². The molecule has 3 aromatic rings. The molecule has 1 atom stereocenters. The second-order valence-electron chi connectivity index (χ2n) is 8.58. The molecule has 0 N–H and O–H groups in total. The van der Waals surface area contributed by atoms with Crippen LogP contribution in [-0.4, -0.2) is 37.2 Å². The van der Waals surface area contributed by atoms with E-state index >= 15 is 0 Å².